The Morgan fingerprint density at radius 3 is 2.94 bits per heavy atom. The molecule has 0 aliphatic carbocycles. The van der Waals surface area contributed by atoms with Crippen molar-refractivity contribution in [1.82, 2.24) is 4.90 Å². The third kappa shape index (κ3) is 3.16. The third-order valence-corrected chi connectivity index (χ3v) is 3.44. The molecule has 1 heterocycles. The maximum atomic E-state index is 12.3. The number of benzene rings is 1. The van der Waals surface area contributed by atoms with Crippen LogP contribution >= 0.6 is 23.2 Å². The van der Waals surface area contributed by atoms with Gasteiger partial charge in [0.15, 0.2) is 0 Å². The van der Waals surface area contributed by atoms with E-state index in [0.29, 0.717) is 29.6 Å². The third-order valence-electron chi connectivity index (χ3n) is 2.86. The lowest BCUT2D eigenvalue weighted by atomic mass is 10.1. The molecular weight excluding hydrogens is 273 g/mol. The molecule has 0 radical (unpaired) electrons. The van der Waals surface area contributed by atoms with Crippen LogP contribution in [-0.4, -0.2) is 42.0 Å². The number of hydrogen-bond donors (Lipinski definition) is 0. The van der Waals surface area contributed by atoms with Crippen molar-refractivity contribution in [1.29, 1.82) is 0 Å². The van der Waals surface area contributed by atoms with Crippen LogP contribution in [0.5, 0.6) is 0 Å². The van der Waals surface area contributed by atoms with E-state index < -0.39 is 0 Å². The van der Waals surface area contributed by atoms with Crippen LogP contribution in [0.1, 0.15) is 17.3 Å². The molecule has 3 nitrogen and oxygen atoms in total. The summed E-state index contributed by atoms with van der Waals surface area (Å²) in [7, 11) is 0. The van der Waals surface area contributed by atoms with Gasteiger partial charge in [-0.3, -0.25) is 4.79 Å². The quantitative estimate of drug-likeness (QED) is 0.783. The zero-order valence-electron chi connectivity index (χ0n) is 10.1. The van der Waals surface area contributed by atoms with Crippen molar-refractivity contribution in [3.05, 3.63) is 34.9 Å². The Kier molecular flexibility index (Phi) is 4.49. The highest BCUT2D eigenvalue weighted by Gasteiger charge is 2.28. The first-order valence-electron chi connectivity index (χ1n) is 5.86. The van der Waals surface area contributed by atoms with Gasteiger partial charge in [0.25, 0.3) is 5.91 Å². The van der Waals surface area contributed by atoms with Crippen LogP contribution in [0.2, 0.25) is 5.02 Å². The Hall–Kier alpha value is -0.770. The van der Waals surface area contributed by atoms with Gasteiger partial charge in [0.05, 0.1) is 18.1 Å². The molecule has 5 heteroatoms. The fourth-order valence-electron chi connectivity index (χ4n) is 2.10. The molecule has 0 spiro atoms. The van der Waals surface area contributed by atoms with Gasteiger partial charge in [-0.2, -0.15) is 0 Å². The largest absolute Gasteiger partial charge is 0.370 e. The Morgan fingerprint density at radius 1 is 1.50 bits per heavy atom. The summed E-state index contributed by atoms with van der Waals surface area (Å²) >= 11 is 11.7. The van der Waals surface area contributed by atoms with E-state index >= 15 is 0 Å². The Bertz CT molecular complexity index is 439. The van der Waals surface area contributed by atoms with Gasteiger partial charge in [0.2, 0.25) is 0 Å². The van der Waals surface area contributed by atoms with E-state index in [-0.39, 0.29) is 18.1 Å². The molecule has 0 N–H and O–H groups in total. The van der Waals surface area contributed by atoms with E-state index in [2.05, 4.69) is 0 Å². The minimum atomic E-state index is -0.0986. The SMILES string of the molecule is CC1CN(C(=O)c2cccc(Cl)c2)CC(CCl)O1. The van der Waals surface area contributed by atoms with Crippen LogP contribution in [0.4, 0.5) is 0 Å². The normalized spacial score (nSPS) is 24.1. The summed E-state index contributed by atoms with van der Waals surface area (Å²) in [6.07, 6.45) is -0.0933. The molecular formula is C13H15Cl2NO2. The lowest BCUT2D eigenvalue weighted by Gasteiger charge is -2.36. The predicted molar refractivity (Wildman–Crippen MR) is 72.4 cm³/mol. The van der Waals surface area contributed by atoms with Crippen LogP contribution in [0.3, 0.4) is 0 Å². The van der Waals surface area contributed by atoms with E-state index in [0.717, 1.165) is 0 Å². The maximum Gasteiger partial charge on any atom is 0.254 e. The van der Waals surface area contributed by atoms with Gasteiger partial charge < -0.3 is 9.64 Å². The molecule has 0 aromatic heterocycles. The average molecular weight is 288 g/mol. The number of alkyl halides is 1. The number of amides is 1. The summed E-state index contributed by atoms with van der Waals surface area (Å²) < 4.78 is 5.62. The maximum absolute atomic E-state index is 12.3. The Balaban J connectivity index is 2.13. The van der Waals surface area contributed by atoms with E-state index in [9.17, 15) is 4.79 Å². The highest BCUT2D eigenvalue weighted by Crippen LogP contribution is 2.17. The number of nitrogens with zero attached hydrogens (tertiary/aromatic N) is 1. The van der Waals surface area contributed by atoms with Gasteiger partial charge >= 0.3 is 0 Å². The molecule has 1 amide bonds. The summed E-state index contributed by atoms with van der Waals surface area (Å²) in [6, 6.07) is 6.98. The van der Waals surface area contributed by atoms with Gasteiger partial charge in [0.1, 0.15) is 0 Å². The minimum absolute atomic E-state index is 0.00522. The summed E-state index contributed by atoms with van der Waals surface area (Å²) in [4.78, 5) is 14.1. The Morgan fingerprint density at radius 2 is 2.28 bits per heavy atom. The lowest BCUT2D eigenvalue weighted by Crippen LogP contribution is -2.49. The highest BCUT2D eigenvalue weighted by molar-refractivity contribution is 6.30. The number of morpholine rings is 1. The smallest absolute Gasteiger partial charge is 0.254 e. The fraction of sp³-hybridized carbons (Fsp3) is 0.462. The standard InChI is InChI=1S/C13H15Cl2NO2/c1-9-7-16(8-12(6-14)18-9)13(17)10-3-2-4-11(15)5-10/h2-5,9,12H,6-8H2,1H3. The molecule has 0 bridgehead atoms. The lowest BCUT2D eigenvalue weighted by molar-refractivity contribution is -0.0570. The molecule has 1 aliphatic rings. The number of halogens is 2. The monoisotopic (exact) mass is 287 g/mol. The number of rotatable bonds is 2. The second-order valence-corrected chi connectivity index (χ2v) is 5.19. The molecule has 1 aromatic carbocycles. The van der Waals surface area contributed by atoms with Crippen LogP contribution in [0.25, 0.3) is 0 Å². The van der Waals surface area contributed by atoms with Crippen molar-refractivity contribution in [3.63, 3.8) is 0 Å². The number of carbonyl (C=O) groups excluding carboxylic acids is 1. The van der Waals surface area contributed by atoms with Crippen molar-refractivity contribution in [2.24, 2.45) is 0 Å². The molecule has 1 aliphatic heterocycles. The van der Waals surface area contributed by atoms with E-state index in [1.165, 1.54) is 0 Å². The molecule has 2 rings (SSSR count). The highest BCUT2D eigenvalue weighted by atomic mass is 35.5. The molecule has 18 heavy (non-hydrogen) atoms. The van der Waals surface area contributed by atoms with Crippen molar-refractivity contribution in [3.8, 4) is 0 Å². The zero-order chi connectivity index (χ0) is 13.1. The van der Waals surface area contributed by atoms with Crippen molar-refractivity contribution in [2.75, 3.05) is 19.0 Å². The molecule has 1 aromatic rings. The van der Waals surface area contributed by atoms with Crippen molar-refractivity contribution < 1.29 is 9.53 Å². The summed E-state index contributed by atoms with van der Waals surface area (Å²) in [6.45, 7) is 3.05. The first-order valence-corrected chi connectivity index (χ1v) is 6.77. The molecule has 2 unspecified atom stereocenters. The molecule has 2 atom stereocenters. The first-order chi connectivity index (χ1) is 8.60. The summed E-state index contributed by atoms with van der Waals surface area (Å²) in [5.41, 5.74) is 0.602. The van der Waals surface area contributed by atoms with E-state index in [1.54, 1.807) is 29.2 Å². The summed E-state index contributed by atoms with van der Waals surface area (Å²) in [5.74, 6) is 0.367. The second-order valence-electron chi connectivity index (χ2n) is 4.44. The van der Waals surface area contributed by atoms with Gasteiger partial charge in [-0.25, -0.2) is 0 Å². The van der Waals surface area contributed by atoms with Crippen LogP contribution in [0.15, 0.2) is 24.3 Å². The van der Waals surface area contributed by atoms with E-state index in [1.807, 2.05) is 6.92 Å². The van der Waals surface area contributed by atoms with Crippen LogP contribution in [-0.2, 0) is 4.74 Å². The van der Waals surface area contributed by atoms with E-state index in [4.69, 9.17) is 27.9 Å². The van der Waals surface area contributed by atoms with Crippen LogP contribution < -0.4 is 0 Å². The fourth-order valence-corrected chi connectivity index (χ4v) is 2.46. The second kappa shape index (κ2) is 5.91. The summed E-state index contributed by atoms with van der Waals surface area (Å²) in [5, 5.41) is 0.566. The van der Waals surface area contributed by atoms with Gasteiger partial charge in [-0.1, -0.05) is 17.7 Å². The minimum Gasteiger partial charge on any atom is -0.370 e. The van der Waals surface area contributed by atoms with Crippen molar-refractivity contribution >= 4 is 29.1 Å². The first kappa shape index (κ1) is 13.7. The number of ether oxygens (including phenoxy) is 1. The number of carbonyl (C=O) groups is 1. The predicted octanol–water partition coefficient (Wildman–Crippen LogP) is 2.81. The topological polar surface area (TPSA) is 29.5 Å². The van der Waals surface area contributed by atoms with Gasteiger partial charge in [0, 0.05) is 23.7 Å². The Labute approximate surface area is 117 Å². The molecule has 1 saturated heterocycles. The molecule has 0 saturated carbocycles. The van der Waals surface area contributed by atoms with Gasteiger partial charge in [-0.15, -0.1) is 11.6 Å². The number of hydrogen-bond acceptors (Lipinski definition) is 2. The van der Waals surface area contributed by atoms with Crippen molar-refractivity contribution in [2.45, 2.75) is 19.1 Å². The van der Waals surface area contributed by atoms with Gasteiger partial charge in [-0.05, 0) is 25.1 Å². The molecule has 1 fully saturated rings. The average Bonchev–Trinajstić information content (AvgIpc) is 2.37. The van der Waals surface area contributed by atoms with Crippen LogP contribution in [0, 0.1) is 0 Å². The zero-order valence-corrected chi connectivity index (χ0v) is 11.6. The molecule has 98 valence electrons.